The maximum Gasteiger partial charge on any atom is 0.336 e. The smallest absolute Gasteiger partial charge is 0.336 e. The van der Waals surface area contributed by atoms with Crippen LogP contribution in [0.3, 0.4) is 0 Å². The van der Waals surface area contributed by atoms with Crippen molar-refractivity contribution in [1.82, 2.24) is 0 Å². The third-order valence-electron chi connectivity index (χ3n) is 4.21. The molecule has 1 aliphatic rings. The molecule has 3 rings (SSSR count). The van der Waals surface area contributed by atoms with Crippen molar-refractivity contribution in [3.8, 4) is 11.1 Å². The van der Waals surface area contributed by atoms with Crippen molar-refractivity contribution in [2.24, 2.45) is 0 Å². The van der Waals surface area contributed by atoms with Crippen LogP contribution in [0.25, 0.3) is 11.1 Å². The summed E-state index contributed by atoms with van der Waals surface area (Å²) in [5, 5.41) is 20.7. The van der Waals surface area contributed by atoms with Gasteiger partial charge in [-0.1, -0.05) is 18.2 Å². The number of aromatic carboxylic acids is 1. The summed E-state index contributed by atoms with van der Waals surface area (Å²) in [6, 6.07) is 10.6. The average molecular weight is 339 g/mol. The lowest BCUT2D eigenvalue weighted by atomic mass is 9.99. The molecular weight excluding hydrogens is 322 g/mol. The Balaban J connectivity index is 1.77. The molecule has 0 saturated heterocycles. The molecular formula is C19H17NO5. The van der Waals surface area contributed by atoms with Crippen molar-refractivity contribution in [3.05, 3.63) is 53.1 Å². The third kappa shape index (κ3) is 3.52. The van der Waals surface area contributed by atoms with Crippen molar-refractivity contribution in [1.29, 1.82) is 0 Å². The van der Waals surface area contributed by atoms with Crippen LogP contribution in [0.4, 0.5) is 5.69 Å². The summed E-state index contributed by atoms with van der Waals surface area (Å²) in [7, 11) is 0. The van der Waals surface area contributed by atoms with Crippen LogP contribution in [0.2, 0.25) is 0 Å². The Morgan fingerprint density at radius 2 is 1.80 bits per heavy atom. The molecule has 6 nitrogen and oxygen atoms in total. The van der Waals surface area contributed by atoms with E-state index in [1.165, 1.54) is 0 Å². The van der Waals surface area contributed by atoms with Gasteiger partial charge in [0.05, 0.1) is 5.56 Å². The van der Waals surface area contributed by atoms with Gasteiger partial charge >= 0.3 is 11.9 Å². The summed E-state index contributed by atoms with van der Waals surface area (Å²) in [6.07, 6.45) is 1.02. The quantitative estimate of drug-likeness (QED) is 0.640. The van der Waals surface area contributed by atoms with Crippen molar-refractivity contribution in [2.45, 2.75) is 25.7 Å². The highest BCUT2D eigenvalue weighted by molar-refractivity contribution is 5.99. The van der Waals surface area contributed by atoms with Crippen molar-refractivity contribution >= 4 is 23.5 Å². The van der Waals surface area contributed by atoms with Gasteiger partial charge < -0.3 is 15.5 Å². The highest BCUT2D eigenvalue weighted by Crippen LogP contribution is 2.40. The van der Waals surface area contributed by atoms with E-state index in [1.807, 2.05) is 18.2 Å². The van der Waals surface area contributed by atoms with E-state index in [0.717, 1.165) is 22.3 Å². The summed E-state index contributed by atoms with van der Waals surface area (Å²) < 4.78 is 0. The molecule has 6 heteroatoms. The van der Waals surface area contributed by atoms with Gasteiger partial charge in [-0.2, -0.15) is 0 Å². The Labute approximate surface area is 144 Å². The first kappa shape index (κ1) is 16.7. The zero-order valence-corrected chi connectivity index (χ0v) is 13.4. The molecule has 0 spiro atoms. The molecule has 1 aliphatic carbocycles. The number of benzene rings is 2. The Morgan fingerprint density at radius 1 is 1.00 bits per heavy atom. The lowest BCUT2D eigenvalue weighted by molar-refractivity contribution is -0.137. The maximum absolute atomic E-state index is 11.9. The lowest BCUT2D eigenvalue weighted by Gasteiger charge is -2.08. The van der Waals surface area contributed by atoms with Gasteiger partial charge in [0.15, 0.2) is 0 Å². The molecule has 3 N–H and O–H groups in total. The fourth-order valence-electron chi connectivity index (χ4n) is 3.13. The number of hydrogen-bond donors (Lipinski definition) is 3. The number of amides is 1. The SMILES string of the molecule is O=C(O)CCCC(=O)Nc1ccc2c(c1)Cc1cccc(C(=O)O)c1-2. The molecule has 0 aromatic heterocycles. The second-order valence-corrected chi connectivity index (χ2v) is 5.99. The molecule has 0 aliphatic heterocycles. The van der Waals surface area contributed by atoms with E-state index in [1.54, 1.807) is 18.2 Å². The molecule has 0 radical (unpaired) electrons. The monoisotopic (exact) mass is 339 g/mol. The largest absolute Gasteiger partial charge is 0.481 e. The molecule has 0 saturated carbocycles. The number of hydrogen-bond acceptors (Lipinski definition) is 3. The summed E-state index contributed by atoms with van der Waals surface area (Å²) >= 11 is 0. The number of aliphatic carboxylic acids is 1. The van der Waals surface area contributed by atoms with Gasteiger partial charge in [-0.15, -0.1) is 0 Å². The molecule has 128 valence electrons. The molecule has 2 aromatic rings. The van der Waals surface area contributed by atoms with Gasteiger partial charge in [-0.05, 0) is 53.3 Å². The van der Waals surface area contributed by atoms with E-state index >= 15 is 0 Å². The minimum absolute atomic E-state index is 0.0368. The van der Waals surface area contributed by atoms with Gasteiger partial charge in [0.2, 0.25) is 5.91 Å². The Morgan fingerprint density at radius 3 is 2.52 bits per heavy atom. The summed E-state index contributed by atoms with van der Waals surface area (Å²) in [5.41, 5.74) is 4.44. The number of carboxylic acid groups (broad SMARTS) is 2. The van der Waals surface area contributed by atoms with E-state index in [2.05, 4.69) is 5.32 Å². The number of anilines is 1. The van der Waals surface area contributed by atoms with E-state index < -0.39 is 11.9 Å². The zero-order chi connectivity index (χ0) is 18.0. The van der Waals surface area contributed by atoms with Crippen molar-refractivity contribution in [3.63, 3.8) is 0 Å². The number of rotatable bonds is 6. The molecule has 0 unspecified atom stereocenters. The number of carbonyl (C=O) groups excluding carboxylic acids is 1. The number of fused-ring (bicyclic) bond motifs is 3. The summed E-state index contributed by atoms with van der Waals surface area (Å²) in [5.74, 6) is -2.11. The average Bonchev–Trinajstić information content (AvgIpc) is 2.91. The topological polar surface area (TPSA) is 104 Å². The highest BCUT2D eigenvalue weighted by atomic mass is 16.4. The van der Waals surface area contributed by atoms with Crippen molar-refractivity contribution < 1.29 is 24.6 Å². The number of carboxylic acids is 2. The minimum Gasteiger partial charge on any atom is -0.481 e. The second-order valence-electron chi connectivity index (χ2n) is 5.99. The number of carbonyl (C=O) groups is 3. The van der Waals surface area contributed by atoms with Crippen LogP contribution in [0.1, 0.15) is 40.7 Å². The standard InChI is InChI=1S/C19H17NO5/c21-16(5-2-6-17(22)23)20-13-7-8-14-12(10-13)9-11-3-1-4-15(18(11)14)19(24)25/h1,3-4,7-8,10H,2,5-6,9H2,(H,20,21)(H,22,23)(H,24,25). The van der Waals surface area contributed by atoms with Gasteiger partial charge in [0.25, 0.3) is 0 Å². The fraction of sp³-hybridized carbons (Fsp3) is 0.211. The second kappa shape index (κ2) is 6.76. The first-order valence-corrected chi connectivity index (χ1v) is 7.96. The van der Waals surface area contributed by atoms with Gasteiger partial charge in [0, 0.05) is 18.5 Å². The molecule has 2 aromatic carbocycles. The minimum atomic E-state index is -0.958. The molecule has 0 fully saturated rings. The first-order chi connectivity index (χ1) is 12.0. The van der Waals surface area contributed by atoms with Gasteiger partial charge in [0.1, 0.15) is 0 Å². The van der Waals surface area contributed by atoms with Crippen LogP contribution < -0.4 is 5.32 Å². The van der Waals surface area contributed by atoms with Crippen LogP contribution in [-0.4, -0.2) is 28.1 Å². The van der Waals surface area contributed by atoms with Gasteiger partial charge in [-0.3, -0.25) is 9.59 Å². The number of nitrogens with one attached hydrogen (secondary N) is 1. The Kier molecular flexibility index (Phi) is 4.52. The Bertz CT molecular complexity index is 872. The van der Waals surface area contributed by atoms with Crippen LogP contribution >= 0.6 is 0 Å². The van der Waals surface area contributed by atoms with E-state index in [0.29, 0.717) is 18.5 Å². The summed E-state index contributed by atoms with van der Waals surface area (Å²) in [6.45, 7) is 0. The summed E-state index contributed by atoms with van der Waals surface area (Å²) in [4.78, 5) is 33.8. The van der Waals surface area contributed by atoms with Crippen LogP contribution in [-0.2, 0) is 16.0 Å². The lowest BCUT2D eigenvalue weighted by Crippen LogP contribution is -2.12. The molecule has 1 amide bonds. The highest BCUT2D eigenvalue weighted by Gasteiger charge is 2.24. The molecule has 0 atom stereocenters. The van der Waals surface area contributed by atoms with E-state index in [9.17, 15) is 19.5 Å². The predicted molar refractivity (Wildman–Crippen MR) is 91.8 cm³/mol. The van der Waals surface area contributed by atoms with Crippen LogP contribution in [0.5, 0.6) is 0 Å². The first-order valence-electron chi connectivity index (χ1n) is 7.96. The fourth-order valence-corrected chi connectivity index (χ4v) is 3.13. The van der Waals surface area contributed by atoms with Crippen molar-refractivity contribution in [2.75, 3.05) is 5.32 Å². The third-order valence-corrected chi connectivity index (χ3v) is 4.21. The van der Waals surface area contributed by atoms with Gasteiger partial charge in [-0.25, -0.2) is 4.79 Å². The van der Waals surface area contributed by atoms with E-state index in [-0.39, 0.29) is 24.3 Å². The zero-order valence-electron chi connectivity index (χ0n) is 13.4. The van der Waals surface area contributed by atoms with Crippen LogP contribution in [0, 0.1) is 0 Å². The molecule has 0 heterocycles. The van der Waals surface area contributed by atoms with Crippen LogP contribution in [0.15, 0.2) is 36.4 Å². The normalized spacial score (nSPS) is 11.5. The Hall–Kier alpha value is -3.15. The van der Waals surface area contributed by atoms with E-state index in [4.69, 9.17) is 5.11 Å². The maximum atomic E-state index is 11.9. The molecule has 25 heavy (non-hydrogen) atoms. The predicted octanol–water partition coefficient (Wildman–Crippen LogP) is 3.15. The molecule has 0 bridgehead atoms.